The highest BCUT2D eigenvalue weighted by molar-refractivity contribution is 5.52. The second kappa shape index (κ2) is 5.66. The summed E-state index contributed by atoms with van der Waals surface area (Å²) in [6, 6.07) is 11.5. The minimum atomic E-state index is 0.0562. The van der Waals surface area contributed by atoms with Crippen molar-refractivity contribution in [3.63, 3.8) is 0 Å². The van der Waals surface area contributed by atoms with Gasteiger partial charge in [-0.05, 0) is 47.4 Å². The molecule has 0 fully saturated rings. The fourth-order valence-corrected chi connectivity index (χ4v) is 2.88. The van der Waals surface area contributed by atoms with Crippen molar-refractivity contribution in [3.8, 4) is 17.2 Å². The van der Waals surface area contributed by atoms with Crippen LogP contribution in [0.15, 0.2) is 36.4 Å². The van der Waals surface area contributed by atoms with Crippen molar-refractivity contribution in [2.75, 3.05) is 20.8 Å². The van der Waals surface area contributed by atoms with E-state index in [0.717, 1.165) is 30.0 Å². The molecule has 0 saturated heterocycles. The number of phenolic OH excluding ortho intramolecular Hbond substituents is 1. The molecule has 1 aliphatic rings. The molecule has 2 N–H and O–H groups in total. The quantitative estimate of drug-likeness (QED) is 0.910. The zero-order valence-electron chi connectivity index (χ0n) is 12.2. The Kier molecular flexibility index (Phi) is 3.71. The van der Waals surface area contributed by atoms with Gasteiger partial charge < -0.3 is 19.9 Å². The van der Waals surface area contributed by atoms with Gasteiger partial charge in [-0.15, -0.1) is 0 Å². The summed E-state index contributed by atoms with van der Waals surface area (Å²) in [6.07, 6.45) is 0.949. The Morgan fingerprint density at radius 2 is 1.86 bits per heavy atom. The van der Waals surface area contributed by atoms with E-state index < -0.39 is 0 Å². The summed E-state index contributed by atoms with van der Waals surface area (Å²) >= 11 is 0. The Bertz CT molecular complexity index is 654. The third-order valence-electron chi connectivity index (χ3n) is 3.90. The molecule has 0 unspecified atom stereocenters. The molecule has 1 atom stereocenters. The van der Waals surface area contributed by atoms with Crippen LogP contribution in [0, 0.1) is 0 Å². The second-order valence-electron chi connectivity index (χ2n) is 5.14. The lowest BCUT2D eigenvalue weighted by atomic mass is 9.89. The van der Waals surface area contributed by atoms with Crippen LogP contribution in [0.3, 0.4) is 0 Å². The predicted molar refractivity (Wildman–Crippen MR) is 81.2 cm³/mol. The van der Waals surface area contributed by atoms with E-state index in [0.29, 0.717) is 0 Å². The number of rotatable bonds is 3. The van der Waals surface area contributed by atoms with Crippen molar-refractivity contribution in [3.05, 3.63) is 53.1 Å². The van der Waals surface area contributed by atoms with E-state index in [9.17, 15) is 5.11 Å². The first-order chi connectivity index (χ1) is 10.2. The number of nitrogens with one attached hydrogen (secondary N) is 1. The average Bonchev–Trinajstić information content (AvgIpc) is 2.52. The summed E-state index contributed by atoms with van der Waals surface area (Å²) in [7, 11) is 3.29. The van der Waals surface area contributed by atoms with Gasteiger partial charge in [0.1, 0.15) is 5.75 Å². The van der Waals surface area contributed by atoms with E-state index in [1.807, 2.05) is 24.3 Å². The minimum absolute atomic E-state index is 0.0562. The first-order valence-electron chi connectivity index (χ1n) is 7.00. The molecule has 4 heteroatoms. The van der Waals surface area contributed by atoms with Crippen molar-refractivity contribution in [1.82, 2.24) is 5.32 Å². The van der Waals surface area contributed by atoms with Crippen LogP contribution in [0.2, 0.25) is 0 Å². The Hall–Kier alpha value is -2.20. The van der Waals surface area contributed by atoms with Crippen LogP contribution in [0.4, 0.5) is 0 Å². The monoisotopic (exact) mass is 285 g/mol. The van der Waals surface area contributed by atoms with Gasteiger partial charge in [-0.25, -0.2) is 0 Å². The molecule has 3 rings (SSSR count). The van der Waals surface area contributed by atoms with Crippen LogP contribution in [-0.4, -0.2) is 25.9 Å². The molecule has 0 aliphatic carbocycles. The lowest BCUT2D eigenvalue weighted by Gasteiger charge is -2.28. The van der Waals surface area contributed by atoms with Crippen molar-refractivity contribution in [2.24, 2.45) is 0 Å². The molecule has 0 bridgehead atoms. The Labute approximate surface area is 124 Å². The lowest BCUT2D eigenvalue weighted by Crippen LogP contribution is -2.30. The molecule has 21 heavy (non-hydrogen) atoms. The molecule has 2 aromatic rings. The number of benzene rings is 2. The number of hydrogen-bond acceptors (Lipinski definition) is 4. The summed E-state index contributed by atoms with van der Waals surface area (Å²) in [4.78, 5) is 0. The number of aromatic hydroxyl groups is 1. The Morgan fingerprint density at radius 3 is 2.57 bits per heavy atom. The molecule has 1 heterocycles. The summed E-state index contributed by atoms with van der Waals surface area (Å²) in [5.74, 6) is 1.76. The highest BCUT2D eigenvalue weighted by Crippen LogP contribution is 2.37. The van der Waals surface area contributed by atoms with Gasteiger partial charge in [0.2, 0.25) is 0 Å². The topological polar surface area (TPSA) is 50.7 Å². The third-order valence-corrected chi connectivity index (χ3v) is 3.90. The second-order valence-corrected chi connectivity index (χ2v) is 5.14. The van der Waals surface area contributed by atoms with Gasteiger partial charge in [0.25, 0.3) is 0 Å². The van der Waals surface area contributed by atoms with Crippen LogP contribution in [0.5, 0.6) is 17.2 Å². The first kappa shape index (κ1) is 13.8. The molecule has 1 aliphatic heterocycles. The smallest absolute Gasteiger partial charge is 0.161 e. The molecule has 4 nitrogen and oxygen atoms in total. The lowest BCUT2D eigenvalue weighted by molar-refractivity contribution is 0.353. The van der Waals surface area contributed by atoms with Gasteiger partial charge in [0, 0.05) is 6.54 Å². The van der Waals surface area contributed by atoms with E-state index in [1.54, 1.807) is 26.4 Å². The van der Waals surface area contributed by atoms with Gasteiger partial charge in [-0.1, -0.05) is 12.1 Å². The molecule has 2 aromatic carbocycles. The van der Waals surface area contributed by atoms with Gasteiger partial charge in [0.05, 0.1) is 20.3 Å². The molecule has 0 saturated carbocycles. The Balaban J connectivity index is 2.09. The highest BCUT2D eigenvalue weighted by Gasteiger charge is 2.24. The molecular formula is C17H19NO3. The molecule has 0 radical (unpaired) electrons. The van der Waals surface area contributed by atoms with E-state index >= 15 is 0 Å². The van der Waals surface area contributed by atoms with Gasteiger partial charge in [0.15, 0.2) is 11.5 Å². The predicted octanol–water partition coefficient (Wildman–Crippen LogP) is 2.64. The average molecular weight is 285 g/mol. The van der Waals surface area contributed by atoms with Crippen LogP contribution in [0.1, 0.15) is 22.7 Å². The summed E-state index contributed by atoms with van der Waals surface area (Å²) in [5.41, 5.74) is 3.47. The first-order valence-corrected chi connectivity index (χ1v) is 7.00. The van der Waals surface area contributed by atoms with Crippen LogP contribution in [-0.2, 0) is 6.42 Å². The number of ether oxygens (including phenoxy) is 2. The van der Waals surface area contributed by atoms with Gasteiger partial charge in [-0.3, -0.25) is 0 Å². The maximum absolute atomic E-state index is 9.70. The number of hydrogen-bond donors (Lipinski definition) is 2. The largest absolute Gasteiger partial charge is 0.508 e. The fraction of sp³-hybridized carbons (Fsp3) is 0.294. The normalized spacial score (nSPS) is 17.1. The zero-order valence-corrected chi connectivity index (χ0v) is 12.2. The molecule has 110 valence electrons. The summed E-state index contributed by atoms with van der Waals surface area (Å²) in [6.45, 7) is 0.892. The summed E-state index contributed by atoms with van der Waals surface area (Å²) < 4.78 is 10.8. The van der Waals surface area contributed by atoms with Crippen LogP contribution >= 0.6 is 0 Å². The SMILES string of the molecule is COc1cc2c(cc1OC)[C@H](c1cccc(O)c1)NCC2. The van der Waals surface area contributed by atoms with Crippen LogP contribution < -0.4 is 14.8 Å². The number of methoxy groups -OCH3 is 2. The number of fused-ring (bicyclic) bond motifs is 1. The Morgan fingerprint density at radius 1 is 1.10 bits per heavy atom. The van der Waals surface area contributed by atoms with Crippen molar-refractivity contribution in [1.29, 1.82) is 0 Å². The maximum Gasteiger partial charge on any atom is 0.161 e. The molecular weight excluding hydrogens is 266 g/mol. The minimum Gasteiger partial charge on any atom is -0.508 e. The highest BCUT2D eigenvalue weighted by atomic mass is 16.5. The number of phenols is 1. The fourth-order valence-electron chi connectivity index (χ4n) is 2.88. The van der Waals surface area contributed by atoms with Gasteiger partial charge >= 0.3 is 0 Å². The van der Waals surface area contributed by atoms with Crippen molar-refractivity contribution < 1.29 is 14.6 Å². The van der Waals surface area contributed by atoms with E-state index in [-0.39, 0.29) is 11.8 Å². The van der Waals surface area contributed by atoms with Crippen LogP contribution in [0.25, 0.3) is 0 Å². The zero-order chi connectivity index (χ0) is 14.8. The van der Waals surface area contributed by atoms with Gasteiger partial charge in [-0.2, -0.15) is 0 Å². The van der Waals surface area contributed by atoms with Crippen molar-refractivity contribution >= 4 is 0 Å². The molecule has 0 amide bonds. The van der Waals surface area contributed by atoms with E-state index in [2.05, 4.69) is 5.32 Å². The van der Waals surface area contributed by atoms with Crippen molar-refractivity contribution in [2.45, 2.75) is 12.5 Å². The third kappa shape index (κ3) is 2.54. The standard InChI is InChI=1S/C17H19NO3/c1-20-15-9-11-6-7-18-17(14(11)10-16(15)21-2)12-4-3-5-13(19)8-12/h3-5,8-10,17-19H,6-7H2,1-2H3/t17-/m0/s1. The molecule has 0 aromatic heterocycles. The summed E-state index contributed by atoms with van der Waals surface area (Å²) in [5, 5.41) is 13.2. The maximum atomic E-state index is 9.70. The van der Waals surface area contributed by atoms with E-state index in [1.165, 1.54) is 11.1 Å². The molecule has 0 spiro atoms. The van der Waals surface area contributed by atoms with E-state index in [4.69, 9.17) is 9.47 Å².